The Balaban J connectivity index is 1.33. The predicted octanol–water partition coefficient (Wildman–Crippen LogP) is 3.77. The second kappa shape index (κ2) is 11.4. The van der Waals surface area contributed by atoms with Gasteiger partial charge in [-0.3, -0.25) is 14.5 Å². The minimum Gasteiger partial charge on any atom is -0.492 e. The van der Waals surface area contributed by atoms with Crippen LogP contribution in [0.4, 0.5) is 0 Å². The first kappa shape index (κ1) is 25.4. The molecule has 196 valence electrons. The molecule has 2 aliphatic rings. The molecule has 1 aromatic carbocycles. The minimum absolute atomic E-state index is 0.0856. The van der Waals surface area contributed by atoms with Crippen molar-refractivity contribution in [2.45, 2.75) is 39.2 Å². The summed E-state index contributed by atoms with van der Waals surface area (Å²) < 4.78 is 11.6. The monoisotopic (exact) mass is 523 g/mol. The lowest BCUT2D eigenvalue weighted by atomic mass is 9.75. The van der Waals surface area contributed by atoms with Gasteiger partial charge in [0.15, 0.2) is 0 Å². The number of fused-ring (bicyclic) bond motifs is 1. The van der Waals surface area contributed by atoms with Gasteiger partial charge in [-0.25, -0.2) is 4.98 Å². The molecule has 4 heterocycles. The summed E-state index contributed by atoms with van der Waals surface area (Å²) in [6, 6.07) is 7.43. The molecule has 0 saturated carbocycles. The van der Waals surface area contributed by atoms with Crippen molar-refractivity contribution >= 4 is 23.2 Å². The highest BCUT2D eigenvalue weighted by molar-refractivity contribution is 7.09. The van der Waals surface area contributed by atoms with Crippen LogP contribution in [0.15, 0.2) is 46.6 Å². The molecular weight excluding hydrogens is 490 g/mol. The van der Waals surface area contributed by atoms with Crippen molar-refractivity contribution in [3.8, 4) is 5.75 Å². The minimum atomic E-state index is -0.124. The number of para-hydroxylation sites is 1. The Kier molecular flexibility index (Phi) is 7.85. The number of aromatic nitrogens is 2. The fraction of sp³-hybridized carbons (Fsp3) is 0.481. The van der Waals surface area contributed by atoms with Crippen LogP contribution in [0, 0.1) is 12.3 Å². The van der Waals surface area contributed by atoms with E-state index in [1.54, 1.807) is 17.5 Å². The number of benzene rings is 1. The van der Waals surface area contributed by atoms with Crippen molar-refractivity contribution in [1.82, 2.24) is 25.3 Å². The number of likely N-dealkylation sites (tertiary alicyclic amines) is 1. The highest BCUT2D eigenvalue weighted by atomic mass is 32.1. The molecule has 0 bridgehead atoms. The third kappa shape index (κ3) is 6.02. The summed E-state index contributed by atoms with van der Waals surface area (Å²) >= 11 is 1.65. The number of rotatable bonds is 3. The van der Waals surface area contributed by atoms with E-state index in [-0.39, 0.29) is 17.2 Å². The summed E-state index contributed by atoms with van der Waals surface area (Å²) in [6.45, 7) is 6.59. The number of ether oxygens (including phenoxy) is 1. The van der Waals surface area contributed by atoms with E-state index in [4.69, 9.17) is 9.26 Å². The molecular formula is C27H33N5O4S. The Morgan fingerprint density at radius 1 is 1.16 bits per heavy atom. The molecule has 0 aliphatic carbocycles. The average molecular weight is 524 g/mol. The summed E-state index contributed by atoms with van der Waals surface area (Å²) in [5.74, 6) is 0.696. The standard InChI is InChI=1S/C27H33N5O4S/c1-20-17-30-36-24(20)26(34)32-13-8-27(9-14-32)7-4-12-31(18-23-28-11-16-37-23)15-10-29-25(33)21-5-2-3-6-22(21)35-19-27/h2-3,5-6,11,16-17H,4,7-10,12-15,18-19H2,1H3,(H,29,33). The van der Waals surface area contributed by atoms with E-state index >= 15 is 0 Å². The fourth-order valence-corrected chi connectivity index (χ4v) is 5.85. The topological polar surface area (TPSA) is 101 Å². The second-order valence-corrected chi connectivity index (χ2v) is 11.0. The van der Waals surface area contributed by atoms with E-state index in [1.807, 2.05) is 47.7 Å². The Morgan fingerprint density at radius 3 is 2.76 bits per heavy atom. The van der Waals surface area contributed by atoms with Crippen LogP contribution in [0.2, 0.25) is 0 Å². The zero-order valence-corrected chi connectivity index (χ0v) is 22.0. The van der Waals surface area contributed by atoms with E-state index in [9.17, 15) is 9.59 Å². The third-order valence-corrected chi connectivity index (χ3v) is 8.22. The first-order valence-corrected chi connectivity index (χ1v) is 13.7. The molecule has 1 fully saturated rings. The van der Waals surface area contributed by atoms with Crippen molar-refractivity contribution in [2.24, 2.45) is 5.41 Å². The predicted molar refractivity (Wildman–Crippen MR) is 140 cm³/mol. The number of aryl methyl sites for hydroxylation is 1. The molecule has 10 heteroatoms. The largest absolute Gasteiger partial charge is 0.492 e. The van der Waals surface area contributed by atoms with Crippen LogP contribution in [-0.4, -0.2) is 71.1 Å². The molecule has 1 saturated heterocycles. The quantitative estimate of drug-likeness (QED) is 0.558. The molecule has 2 amide bonds. The number of thiazole rings is 1. The van der Waals surface area contributed by atoms with E-state index in [1.165, 1.54) is 0 Å². The molecule has 2 aliphatic heterocycles. The number of hydrogen-bond donors (Lipinski definition) is 1. The summed E-state index contributed by atoms with van der Waals surface area (Å²) in [4.78, 5) is 34.7. The van der Waals surface area contributed by atoms with Crippen molar-refractivity contribution < 1.29 is 18.8 Å². The molecule has 0 radical (unpaired) electrons. The van der Waals surface area contributed by atoms with Crippen molar-refractivity contribution in [3.05, 3.63) is 63.9 Å². The maximum Gasteiger partial charge on any atom is 0.292 e. The van der Waals surface area contributed by atoms with Crippen molar-refractivity contribution in [3.63, 3.8) is 0 Å². The van der Waals surface area contributed by atoms with Crippen LogP contribution in [0.5, 0.6) is 5.75 Å². The maximum absolute atomic E-state index is 13.0. The first-order chi connectivity index (χ1) is 18.0. The number of hydrogen-bond acceptors (Lipinski definition) is 8. The number of piperidine rings is 1. The Morgan fingerprint density at radius 2 is 2.00 bits per heavy atom. The number of nitrogens with zero attached hydrogens (tertiary/aromatic N) is 4. The summed E-state index contributed by atoms with van der Waals surface area (Å²) in [6.07, 6.45) is 7.04. The van der Waals surface area contributed by atoms with Crippen LogP contribution < -0.4 is 10.1 Å². The number of carbonyl (C=O) groups excluding carboxylic acids is 2. The highest BCUT2D eigenvalue weighted by Gasteiger charge is 2.38. The molecule has 5 rings (SSSR count). The highest BCUT2D eigenvalue weighted by Crippen LogP contribution is 2.38. The van der Waals surface area contributed by atoms with Crippen LogP contribution in [0.25, 0.3) is 0 Å². The average Bonchev–Trinajstić information content (AvgIpc) is 3.59. The van der Waals surface area contributed by atoms with Crippen LogP contribution in [0.1, 0.15) is 57.2 Å². The lowest BCUT2D eigenvalue weighted by Gasteiger charge is -2.42. The van der Waals surface area contributed by atoms with E-state index in [0.717, 1.165) is 55.9 Å². The fourth-order valence-electron chi connectivity index (χ4n) is 5.19. The van der Waals surface area contributed by atoms with Gasteiger partial charge in [0.25, 0.3) is 11.8 Å². The normalized spacial score (nSPS) is 19.2. The zero-order valence-electron chi connectivity index (χ0n) is 21.1. The summed E-state index contributed by atoms with van der Waals surface area (Å²) in [7, 11) is 0. The Bertz CT molecular complexity index is 1200. The zero-order chi connectivity index (χ0) is 25.7. The van der Waals surface area contributed by atoms with Gasteiger partial charge in [-0.05, 0) is 51.3 Å². The van der Waals surface area contributed by atoms with E-state index < -0.39 is 0 Å². The van der Waals surface area contributed by atoms with Gasteiger partial charge in [-0.1, -0.05) is 17.3 Å². The van der Waals surface area contributed by atoms with Gasteiger partial charge in [0, 0.05) is 48.7 Å². The molecule has 9 nitrogen and oxygen atoms in total. The van der Waals surface area contributed by atoms with Gasteiger partial charge in [-0.2, -0.15) is 0 Å². The smallest absolute Gasteiger partial charge is 0.292 e. The van der Waals surface area contributed by atoms with Gasteiger partial charge in [-0.15, -0.1) is 11.3 Å². The number of amides is 2. The van der Waals surface area contributed by atoms with Gasteiger partial charge >= 0.3 is 0 Å². The summed E-state index contributed by atoms with van der Waals surface area (Å²) in [5.41, 5.74) is 1.22. The maximum atomic E-state index is 13.0. The van der Waals surface area contributed by atoms with E-state index in [2.05, 4.69) is 20.4 Å². The number of carbonyl (C=O) groups is 2. The van der Waals surface area contributed by atoms with Crippen LogP contribution in [0.3, 0.4) is 0 Å². The second-order valence-electron chi connectivity index (χ2n) is 9.98. The lowest BCUT2D eigenvalue weighted by Crippen LogP contribution is -2.46. The molecule has 37 heavy (non-hydrogen) atoms. The number of nitrogens with one attached hydrogen (secondary N) is 1. The SMILES string of the molecule is Cc1cnoc1C(=O)N1CCC2(CCCN(Cc3nccs3)CCNC(=O)c3ccccc3OC2)CC1. The lowest BCUT2D eigenvalue weighted by molar-refractivity contribution is 0.0325. The first-order valence-electron chi connectivity index (χ1n) is 12.8. The van der Waals surface area contributed by atoms with Gasteiger partial charge in [0.1, 0.15) is 10.8 Å². The molecule has 1 spiro atoms. The molecule has 3 aromatic rings. The van der Waals surface area contributed by atoms with Gasteiger partial charge in [0.2, 0.25) is 5.76 Å². The summed E-state index contributed by atoms with van der Waals surface area (Å²) in [5, 5.41) is 9.90. The molecule has 2 aromatic heterocycles. The van der Waals surface area contributed by atoms with Crippen molar-refractivity contribution in [2.75, 3.05) is 39.3 Å². The Hall–Kier alpha value is -3.24. The van der Waals surface area contributed by atoms with Crippen LogP contribution in [-0.2, 0) is 6.54 Å². The van der Waals surface area contributed by atoms with Crippen LogP contribution >= 0.6 is 11.3 Å². The van der Waals surface area contributed by atoms with E-state index in [0.29, 0.717) is 43.3 Å². The molecule has 0 atom stereocenters. The Labute approximate surface area is 220 Å². The third-order valence-electron chi connectivity index (χ3n) is 7.46. The van der Waals surface area contributed by atoms with Gasteiger partial charge in [0.05, 0.1) is 24.9 Å². The molecule has 0 unspecified atom stereocenters. The van der Waals surface area contributed by atoms with Crippen molar-refractivity contribution in [1.29, 1.82) is 0 Å². The van der Waals surface area contributed by atoms with Gasteiger partial charge < -0.3 is 19.5 Å². The molecule has 1 N–H and O–H groups in total.